The fourth-order valence-electron chi connectivity index (χ4n) is 2.69. The van der Waals surface area contributed by atoms with Crippen LogP contribution in [0.15, 0.2) is 42.5 Å². The van der Waals surface area contributed by atoms with Crippen LogP contribution in [0.1, 0.15) is 29.8 Å². The molecule has 2 rings (SSSR count). The first-order valence-electron chi connectivity index (χ1n) is 8.91. The minimum absolute atomic E-state index is 0.0964. The molecular weight excluding hydrogens is 363 g/mol. The van der Waals surface area contributed by atoms with Gasteiger partial charge < -0.3 is 20.1 Å². The predicted molar refractivity (Wildman–Crippen MR) is 104 cm³/mol. The van der Waals surface area contributed by atoms with Crippen LogP contribution in [0.2, 0.25) is 0 Å². The summed E-state index contributed by atoms with van der Waals surface area (Å²) in [6, 6.07) is 10.2. The molecule has 2 N–H and O–H groups in total. The summed E-state index contributed by atoms with van der Waals surface area (Å²) < 4.78 is 24.3. The molecule has 0 spiro atoms. The molecule has 2 aromatic rings. The third kappa shape index (κ3) is 5.22. The minimum Gasteiger partial charge on any atom is -0.493 e. The monoisotopic (exact) mass is 388 g/mol. The van der Waals surface area contributed by atoms with E-state index >= 15 is 0 Å². The van der Waals surface area contributed by atoms with Gasteiger partial charge in [0.15, 0.2) is 11.5 Å². The lowest BCUT2D eigenvalue weighted by molar-refractivity contribution is -0.124. The van der Waals surface area contributed by atoms with Gasteiger partial charge in [-0.2, -0.15) is 0 Å². The molecule has 1 atom stereocenters. The molecule has 0 aliphatic heterocycles. The zero-order chi connectivity index (χ0) is 20.7. The number of carbonyl (C=O) groups excluding carboxylic acids is 2. The third-order valence-corrected chi connectivity index (χ3v) is 4.27. The molecule has 0 saturated carbocycles. The van der Waals surface area contributed by atoms with Gasteiger partial charge in [-0.1, -0.05) is 32.0 Å². The maximum absolute atomic E-state index is 13.8. The molecular formula is C21H25FN2O4. The normalized spacial score (nSPS) is 11.6. The standard InChI is InChI=1S/C21H25FN2O4/c1-13(2)19(24-20(25)15-7-5-6-8-16(15)22)21(26)23-12-14-9-10-17(27-3)18(11-14)28-4/h5-11,13,19H,12H2,1-4H3,(H,23,26)(H,24,25). The zero-order valence-electron chi connectivity index (χ0n) is 16.4. The van der Waals surface area contributed by atoms with Crippen LogP contribution in [-0.4, -0.2) is 32.1 Å². The highest BCUT2D eigenvalue weighted by Gasteiger charge is 2.25. The number of benzene rings is 2. The van der Waals surface area contributed by atoms with Crippen molar-refractivity contribution in [2.24, 2.45) is 5.92 Å². The second-order valence-electron chi connectivity index (χ2n) is 6.58. The van der Waals surface area contributed by atoms with Crippen LogP contribution in [0.5, 0.6) is 11.5 Å². The molecule has 0 heterocycles. The van der Waals surface area contributed by atoms with Gasteiger partial charge >= 0.3 is 0 Å². The Morgan fingerprint density at radius 2 is 1.71 bits per heavy atom. The number of rotatable bonds is 8. The largest absolute Gasteiger partial charge is 0.493 e. The van der Waals surface area contributed by atoms with Crippen LogP contribution in [0.4, 0.5) is 4.39 Å². The predicted octanol–water partition coefficient (Wildman–Crippen LogP) is 2.91. The number of ether oxygens (including phenoxy) is 2. The Balaban J connectivity index is 2.05. The molecule has 2 amide bonds. The van der Waals surface area contributed by atoms with E-state index in [2.05, 4.69) is 10.6 Å². The van der Waals surface area contributed by atoms with Gasteiger partial charge in [0.2, 0.25) is 5.91 Å². The van der Waals surface area contributed by atoms with Crippen molar-refractivity contribution in [1.29, 1.82) is 0 Å². The summed E-state index contributed by atoms with van der Waals surface area (Å²) in [7, 11) is 3.08. The molecule has 150 valence electrons. The average Bonchev–Trinajstić information content (AvgIpc) is 2.69. The number of methoxy groups -OCH3 is 2. The van der Waals surface area contributed by atoms with Gasteiger partial charge in [0, 0.05) is 6.54 Å². The van der Waals surface area contributed by atoms with Crippen molar-refractivity contribution in [1.82, 2.24) is 10.6 Å². The molecule has 6 nitrogen and oxygen atoms in total. The summed E-state index contributed by atoms with van der Waals surface area (Å²) in [5.41, 5.74) is 0.717. The second kappa shape index (κ2) is 9.73. The summed E-state index contributed by atoms with van der Waals surface area (Å²) in [5.74, 6) is -0.640. The van der Waals surface area contributed by atoms with E-state index in [1.165, 1.54) is 25.3 Å². The lowest BCUT2D eigenvalue weighted by Crippen LogP contribution is -2.49. The van der Waals surface area contributed by atoms with Crippen molar-refractivity contribution in [2.75, 3.05) is 14.2 Å². The first-order chi connectivity index (χ1) is 13.4. The van der Waals surface area contributed by atoms with E-state index in [1.54, 1.807) is 25.3 Å². The van der Waals surface area contributed by atoms with Crippen LogP contribution in [-0.2, 0) is 11.3 Å². The zero-order valence-corrected chi connectivity index (χ0v) is 16.4. The highest BCUT2D eigenvalue weighted by atomic mass is 19.1. The van der Waals surface area contributed by atoms with E-state index in [0.29, 0.717) is 11.5 Å². The minimum atomic E-state index is -0.799. The van der Waals surface area contributed by atoms with E-state index in [4.69, 9.17) is 9.47 Å². The maximum atomic E-state index is 13.8. The highest BCUT2D eigenvalue weighted by molar-refractivity contribution is 5.97. The lowest BCUT2D eigenvalue weighted by Gasteiger charge is -2.22. The van der Waals surface area contributed by atoms with E-state index < -0.39 is 17.8 Å². The number of hydrogen-bond acceptors (Lipinski definition) is 4. The first kappa shape index (κ1) is 21.2. The van der Waals surface area contributed by atoms with Crippen LogP contribution in [0.25, 0.3) is 0 Å². The molecule has 0 fully saturated rings. The Morgan fingerprint density at radius 1 is 1.04 bits per heavy atom. The second-order valence-corrected chi connectivity index (χ2v) is 6.58. The molecule has 0 bridgehead atoms. The topological polar surface area (TPSA) is 76.7 Å². The van der Waals surface area contributed by atoms with Crippen molar-refractivity contribution in [3.8, 4) is 11.5 Å². The lowest BCUT2D eigenvalue weighted by atomic mass is 10.0. The van der Waals surface area contributed by atoms with E-state index in [1.807, 2.05) is 19.9 Å². The number of amides is 2. The van der Waals surface area contributed by atoms with Crippen LogP contribution in [0, 0.1) is 11.7 Å². The molecule has 0 aliphatic rings. The fourth-order valence-corrected chi connectivity index (χ4v) is 2.69. The van der Waals surface area contributed by atoms with E-state index in [0.717, 1.165) is 5.56 Å². The van der Waals surface area contributed by atoms with Gasteiger partial charge in [-0.25, -0.2) is 4.39 Å². The molecule has 0 aliphatic carbocycles. The van der Waals surface area contributed by atoms with E-state index in [-0.39, 0.29) is 23.9 Å². The van der Waals surface area contributed by atoms with Gasteiger partial charge in [-0.05, 0) is 35.7 Å². The average molecular weight is 388 g/mol. The molecule has 0 aromatic heterocycles. The van der Waals surface area contributed by atoms with Gasteiger partial charge in [0.1, 0.15) is 11.9 Å². The summed E-state index contributed by atoms with van der Waals surface area (Å²) >= 11 is 0. The van der Waals surface area contributed by atoms with Crippen molar-refractivity contribution < 1.29 is 23.5 Å². The van der Waals surface area contributed by atoms with Crippen LogP contribution >= 0.6 is 0 Å². The quantitative estimate of drug-likeness (QED) is 0.729. The number of nitrogens with one attached hydrogen (secondary N) is 2. The van der Waals surface area contributed by atoms with Crippen LogP contribution in [0.3, 0.4) is 0 Å². The summed E-state index contributed by atoms with van der Waals surface area (Å²) in [5, 5.41) is 5.41. The fraction of sp³-hybridized carbons (Fsp3) is 0.333. The summed E-state index contributed by atoms with van der Waals surface area (Å²) in [6.07, 6.45) is 0. The molecule has 7 heteroatoms. The summed E-state index contributed by atoms with van der Waals surface area (Å²) in [6.45, 7) is 3.86. The Hall–Kier alpha value is -3.09. The Labute approximate surface area is 164 Å². The van der Waals surface area contributed by atoms with Gasteiger partial charge in [-0.15, -0.1) is 0 Å². The molecule has 0 saturated heterocycles. The number of carbonyl (C=O) groups is 2. The van der Waals surface area contributed by atoms with Crippen molar-refractivity contribution in [2.45, 2.75) is 26.4 Å². The molecule has 0 radical (unpaired) electrons. The maximum Gasteiger partial charge on any atom is 0.254 e. The number of halogens is 1. The van der Waals surface area contributed by atoms with Crippen molar-refractivity contribution in [3.63, 3.8) is 0 Å². The third-order valence-electron chi connectivity index (χ3n) is 4.27. The van der Waals surface area contributed by atoms with Gasteiger partial charge in [0.05, 0.1) is 19.8 Å². The summed E-state index contributed by atoms with van der Waals surface area (Å²) in [4.78, 5) is 25.0. The highest BCUT2D eigenvalue weighted by Crippen LogP contribution is 2.27. The molecule has 2 aromatic carbocycles. The Bertz CT molecular complexity index is 839. The van der Waals surface area contributed by atoms with E-state index in [9.17, 15) is 14.0 Å². The first-order valence-corrected chi connectivity index (χ1v) is 8.91. The molecule has 28 heavy (non-hydrogen) atoms. The molecule has 1 unspecified atom stereocenters. The van der Waals surface area contributed by atoms with Gasteiger partial charge in [0.25, 0.3) is 5.91 Å². The van der Waals surface area contributed by atoms with Gasteiger partial charge in [-0.3, -0.25) is 9.59 Å². The van der Waals surface area contributed by atoms with Crippen molar-refractivity contribution in [3.05, 3.63) is 59.4 Å². The Morgan fingerprint density at radius 3 is 2.32 bits per heavy atom. The Kier molecular flexibility index (Phi) is 7.37. The smallest absolute Gasteiger partial charge is 0.254 e. The van der Waals surface area contributed by atoms with Crippen molar-refractivity contribution >= 4 is 11.8 Å². The number of hydrogen-bond donors (Lipinski definition) is 2. The SMILES string of the molecule is COc1ccc(CNC(=O)C(NC(=O)c2ccccc2F)C(C)C)cc1OC. The van der Waals surface area contributed by atoms with Crippen LogP contribution < -0.4 is 20.1 Å².